The zero-order valence-corrected chi connectivity index (χ0v) is 12.6. The van der Waals surface area contributed by atoms with Gasteiger partial charge in [-0.25, -0.2) is 4.79 Å². The molecule has 102 valence electrons. The van der Waals surface area contributed by atoms with Crippen LogP contribution in [0.3, 0.4) is 0 Å². The fraction of sp³-hybridized carbons (Fsp3) is 0.429. The Balaban J connectivity index is 2.16. The standard InChI is InChI=1S/C14H19N3OS/c1-9-7-10(2)12(11(3)8-9)15-13(18)16-14-17(4)5-6-19-14/h7-8H,5-6H2,1-4H3,(H,15,18). The molecule has 0 bridgehead atoms. The van der Waals surface area contributed by atoms with Gasteiger partial charge in [0.05, 0.1) is 0 Å². The molecule has 0 radical (unpaired) electrons. The van der Waals surface area contributed by atoms with E-state index in [0.717, 1.165) is 34.3 Å². The van der Waals surface area contributed by atoms with Gasteiger partial charge in [0.25, 0.3) is 0 Å². The third-order valence-electron chi connectivity index (χ3n) is 3.09. The number of anilines is 1. The monoisotopic (exact) mass is 277 g/mol. The molecule has 0 saturated carbocycles. The van der Waals surface area contributed by atoms with E-state index in [1.54, 1.807) is 11.8 Å². The van der Waals surface area contributed by atoms with Crippen molar-refractivity contribution in [3.8, 4) is 0 Å². The average molecular weight is 277 g/mol. The van der Waals surface area contributed by atoms with Crippen molar-refractivity contribution in [1.29, 1.82) is 0 Å². The first-order chi connectivity index (χ1) is 8.97. The Kier molecular flexibility index (Phi) is 4.14. The number of rotatable bonds is 1. The fourth-order valence-electron chi connectivity index (χ4n) is 2.20. The van der Waals surface area contributed by atoms with Gasteiger partial charge >= 0.3 is 6.03 Å². The van der Waals surface area contributed by atoms with Gasteiger partial charge in [0.15, 0.2) is 5.17 Å². The van der Waals surface area contributed by atoms with Gasteiger partial charge in [-0.05, 0) is 31.9 Å². The lowest BCUT2D eigenvalue weighted by atomic mass is 10.1. The summed E-state index contributed by atoms with van der Waals surface area (Å²) in [5.74, 6) is 0.991. The summed E-state index contributed by atoms with van der Waals surface area (Å²) in [6.07, 6.45) is 0. The second kappa shape index (κ2) is 5.65. The predicted molar refractivity (Wildman–Crippen MR) is 82.2 cm³/mol. The molecule has 5 heteroatoms. The number of amidine groups is 1. The minimum absolute atomic E-state index is 0.300. The Morgan fingerprint density at radius 2 is 1.95 bits per heavy atom. The zero-order chi connectivity index (χ0) is 14.0. The number of hydrogen-bond donors (Lipinski definition) is 1. The van der Waals surface area contributed by atoms with Gasteiger partial charge in [-0.3, -0.25) is 0 Å². The number of amides is 2. The number of thioether (sulfide) groups is 1. The van der Waals surface area contributed by atoms with E-state index < -0.39 is 0 Å². The molecule has 0 atom stereocenters. The lowest BCUT2D eigenvalue weighted by Crippen LogP contribution is -2.21. The zero-order valence-electron chi connectivity index (χ0n) is 11.8. The number of nitrogens with one attached hydrogen (secondary N) is 1. The Morgan fingerprint density at radius 1 is 1.32 bits per heavy atom. The topological polar surface area (TPSA) is 44.7 Å². The second-order valence-electron chi connectivity index (χ2n) is 4.87. The van der Waals surface area contributed by atoms with E-state index in [4.69, 9.17) is 0 Å². The summed E-state index contributed by atoms with van der Waals surface area (Å²) in [6.45, 7) is 6.99. The molecule has 1 aliphatic heterocycles. The summed E-state index contributed by atoms with van der Waals surface area (Å²) >= 11 is 1.62. The SMILES string of the molecule is Cc1cc(C)c(NC(=O)N=C2SCCN2C)c(C)c1. The molecule has 0 aromatic heterocycles. The van der Waals surface area contributed by atoms with Crippen LogP contribution in [-0.4, -0.2) is 35.4 Å². The van der Waals surface area contributed by atoms with Crippen LogP contribution in [0.2, 0.25) is 0 Å². The molecule has 1 aliphatic rings. The average Bonchev–Trinajstić information content (AvgIpc) is 2.69. The Labute approximate surface area is 118 Å². The summed E-state index contributed by atoms with van der Waals surface area (Å²) in [6, 6.07) is 3.82. The van der Waals surface area contributed by atoms with Gasteiger partial charge < -0.3 is 10.2 Å². The number of carbonyl (C=O) groups excluding carboxylic acids is 1. The van der Waals surface area contributed by atoms with E-state index in [1.165, 1.54) is 5.56 Å². The van der Waals surface area contributed by atoms with Gasteiger partial charge in [0, 0.05) is 25.0 Å². The number of carbonyl (C=O) groups is 1. The van der Waals surface area contributed by atoms with Crippen molar-refractivity contribution in [2.24, 2.45) is 4.99 Å². The maximum atomic E-state index is 12.0. The first-order valence-corrected chi connectivity index (χ1v) is 7.27. The van der Waals surface area contributed by atoms with Crippen LogP contribution in [0.25, 0.3) is 0 Å². The highest BCUT2D eigenvalue weighted by atomic mass is 32.2. The van der Waals surface area contributed by atoms with Crippen molar-refractivity contribution in [3.05, 3.63) is 28.8 Å². The van der Waals surface area contributed by atoms with Crippen LogP contribution in [0, 0.1) is 20.8 Å². The van der Waals surface area contributed by atoms with E-state index in [2.05, 4.69) is 29.4 Å². The quantitative estimate of drug-likeness (QED) is 0.857. The number of hydrogen-bond acceptors (Lipinski definition) is 2. The number of benzene rings is 1. The number of aliphatic imine (C=N–C) groups is 1. The number of nitrogens with zero attached hydrogens (tertiary/aromatic N) is 2. The summed E-state index contributed by atoms with van der Waals surface area (Å²) < 4.78 is 0. The Bertz CT molecular complexity index is 516. The molecule has 2 amide bonds. The minimum Gasteiger partial charge on any atom is -0.353 e. The largest absolute Gasteiger partial charge is 0.353 e. The Morgan fingerprint density at radius 3 is 2.47 bits per heavy atom. The van der Waals surface area contributed by atoms with Crippen LogP contribution >= 0.6 is 11.8 Å². The molecule has 1 N–H and O–H groups in total. The molecule has 1 aromatic rings. The maximum Gasteiger partial charge on any atom is 0.347 e. The predicted octanol–water partition coefficient (Wildman–Crippen LogP) is 3.18. The van der Waals surface area contributed by atoms with Crippen LogP contribution in [0.4, 0.5) is 10.5 Å². The fourth-order valence-corrected chi connectivity index (χ4v) is 3.20. The molecular formula is C14H19N3OS. The second-order valence-corrected chi connectivity index (χ2v) is 5.93. The first-order valence-electron chi connectivity index (χ1n) is 6.29. The minimum atomic E-state index is -0.300. The lowest BCUT2D eigenvalue weighted by Gasteiger charge is -2.12. The van der Waals surface area contributed by atoms with Crippen LogP contribution in [-0.2, 0) is 0 Å². The van der Waals surface area contributed by atoms with Crippen molar-refractivity contribution >= 4 is 28.6 Å². The number of aryl methyl sites for hydroxylation is 3. The summed E-state index contributed by atoms with van der Waals surface area (Å²) in [4.78, 5) is 18.1. The molecule has 0 unspecified atom stereocenters. The summed E-state index contributed by atoms with van der Waals surface area (Å²) in [7, 11) is 1.95. The molecule has 4 nitrogen and oxygen atoms in total. The van der Waals surface area contributed by atoms with Gasteiger partial charge in [-0.15, -0.1) is 0 Å². The van der Waals surface area contributed by atoms with Crippen LogP contribution in [0.1, 0.15) is 16.7 Å². The van der Waals surface area contributed by atoms with E-state index >= 15 is 0 Å². The van der Waals surface area contributed by atoms with Crippen LogP contribution in [0.5, 0.6) is 0 Å². The lowest BCUT2D eigenvalue weighted by molar-refractivity contribution is 0.259. The molecule has 1 saturated heterocycles. The van der Waals surface area contributed by atoms with Gasteiger partial charge in [-0.1, -0.05) is 29.5 Å². The molecule has 1 heterocycles. The number of urea groups is 1. The normalized spacial score (nSPS) is 17.1. The van der Waals surface area contributed by atoms with E-state index in [1.807, 2.05) is 25.8 Å². The highest BCUT2D eigenvalue weighted by molar-refractivity contribution is 8.14. The molecule has 0 aliphatic carbocycles. The third kappa shape index (κ3) is 3.29. The van der Waals surface area contributed by atoms with Crippen molar-refractivity contribution in [3.63, 3.8) is 0 Å². The van der Waals surface area contributed by atoms with Gasteiger partial charge in [-0.2, -0.15) is 4.99 Å². The van der Waals surface area contributed by atoms with Crippen molar-refractivity contribution in [1.82, 2.24) is 4.90 Å². The van der Waals surface area contributed by atoms with E-state index in [0.29, 0.717) is 0 Å². The van der Waals surface area contributed by atoms with Crippen molar-refractivity contribution < 1.29 is 4.79 Å². The van der Waals surface area contributed by atoms with Gasteiger partial charge in [0.1, 0.15) is 0 Å². The molecule has 19 heavy (non-hydrogen) atoms. The van der Waals surface area contributed by atoms with Crippen molar-refractivity contribution in [2.45, 2.75) is 20.8 Å². The first kappa shape index (κ1) is 13.9. The molecule has 0 spiro atoms. The van der Waals surface area contributed by atoms with Crippen molar-refractivity contribution in [2.75, 3.05) is 24.7 Å². The molecular weight excluding hydrogens is 258 g/mol. The Hall–Kier alpha value is -1.49. The molecule has 1 aromatic carbocycles. The highest BCUT2D eigenvalue weighted by Crippen LogP contribution is 2.22. The third-order valence-corrected chi connectivity index (χ3v) is 4.14. The van der Waals surface area contributed by atoms with Crippen LogP contribution < -0.4 is 5.32 Å². The highest BCUT2D eigenvalue weighted by Gasteiger charge is 2.17. The van der Waals surface area contributed by atoms with E-state index in [9.17, 15) is 4.79 Å². The van der Waals surface area contributed by atoms with Gasteiger partial charge in [0.2, 0.25) is 0 Å². The molecule has 2 rings (SSSR count). The van der Waals surface area contributed by atoms with Crippen LogP contribution in [0.15, 0.2) is 17.1 Å². The molecule has 1 fully saturated rings. The summed E-state index contributed by atoms with van der Waals surface area (Å²) in [5, 5.41) is 3.68. The maximum absolute atomic E-state index is 12.0. The smallest absolute Gasteiger partial charge is 0.347 e. The summed E-state index contributed by atoms with van der Waals surface area (Å²) in [5.41, 5.74) is 4.20. The van der Waals surface area contributed by atoms with E-state index in [-0.39, 0.29) is 6.03 Å².